The minimum absolute atomic E-state index is 0.544. The summed E-state index contributed by atoms with van der Waals surface area (Å²) in [6.45, 7) is 0.544. The van der Waals surface area contributed by atoms with Crippen LogP contribution in [0.3, 0.4) is 0 Å². The van der Waals surface area contributed by atoms with Crippen molar-refractivity contribution < 1.29 is 14.2 Å². The molecule has 6 aromatic rings. The maximum Gasteiger partial charge on any atom is 0.222 e. The Balaban J connectivity index is 0.971. The molecule has 0 fully saturated rings. The molecule has 0 spiro atoms. The van der Waals surface area contributed by atoms with E-state index in [2.05, 4.69) is 82.6 Å². The topological polar surface area (TPSA) is 46.5 Å². The van der Waals surface area contributed by atoms with E-state index >= 15 is 0 Å². The Labute approximate surface area is 266 Å². The average Bonchev–Trinajstić information content (AvgIpc) is 3.13. The van der Waals surface area contributed by atoms with E-state index < -0.39 is 0 Å². The van der Waals surface area contributed by atoms with Gasteiger partial charge in [0.2, 0.25) is 5.90 Å². The normalized spacial score (nSPS) is 14.3. The van der Waals surface area contributed by atoms with Crippen LogP contribution in [-0.2, 0) is 4.74 Å². The van der Waals surface area contributed by atoms with Crippen molar-refractivity contribution >= 4 is 45.8 Å². The molecular formula is C40H27N3O3. The summed E-state index contributed by atoms with van der Waals surface area (Å²) < 4.78 is 18.8. The molecule has 0 atom stereocenters. The highest BCUT2D eigenvalue weighted by molar-refractivity contribution is 5.99. The fourth-order valence-corrected chi connectivity index (χ4v) is 6.21. The molecule has 6 heteroatoms. The number of rotatable bonds is 4. The molecule has 6 aromatic carbocycles. The molecule has 0 saturated heterocycles. The van der Waals surface area contributed by atoms with Crippen molar-refractivity contribution in [3.8, 4) is 23.0 Å². The summed E-state index contributed by atoms with van der Waals surface area (Å²) in [6, 6.07) is 49.2. The maximum absolute atomic E-state index is 6.40. The first kappa shape index (κ1) is 26.2. The summed E-state index contributed by atoms with van der Waals surface area (Å²) in [5, 5.41) is 0. The van der Waals surface area contributed by atoms with Gasteiger partial charge in [0.05, 0.1) is 29.3 Å². The number of nitrogens with zero attached hydrogens (tertiary/aromatic N) is 3. The van der Waals surface area contributed by atoms with Crippen LogP contribution in [0.15, 0.2) is 157 Å². The van der Waals surface area contributed by atoms with Crippen molar-refractivity contribution in [2.75, 3.05) is 16.3 Å². The fraction of sp³-hybridized carbons (Fsp3) is 0.0250. The van der Waals surface area contributed by atoms with Crippen LogP contribution >= 0.6 is 0 Å². The fourth-order valence-electron chi connectivity index (χ4n) is 6.21. The highest BCUT2D eigenvalue weighted by atomic mass is 16.5. The van der Waals surface area contributed by atoms with Crippen LogP contribution in [0.5, 0.6) is 23.0 Å². The van der Waals surface area contributed by atoms with Gasteiger partial charge in [0.15, 0.2) is 23.0 Å². The molecule has 0 aliphatic carbocycles. The molecule has 3 aliphatic heterocycles. The first-order valence-corrected chi connectivity index (χ1v) is 15.3. The van der Waals surface area contributed by atoms with E-state index in [1.54, 1.807) is 0 Å². The standard InChI is InChI=1S/C40H27N3O3/c1-5-13-36-31(9-1)42(32-10-2-6-14-37(32)44-36)29-21-17-27(18-22-29)35-25-26-41-40(46-35)28-19-23-30(24-20-28)43-33-11-3-7-15-38(33)45-39-16-8-4-12-34(39)43/h1-25H,26H2. The molecular weight excluding hydrogens is 570 g/mol. The van der Waals surface area contributed by atoms with Crippen molar-refractivity contribution in [1.29, 1.82) is 0 Å². The zero-order valence-corrected chi connectivity index (χ0v) is 24.7. The van der Waals surface area contributed by atoms with E-state index in [9.17, 15) is 0 Å². The SMILES string of the molecule is C1=C(c2ccc(N3c4ccccc4Oc4ccccc43)cc2)OC(c2ccc(N3c4ccccc4Oc4ccccc43)cc2)=NC1. The molecule has 9 rings (SSSR count). The maximum atomic E-state index is 6.40. The Morgan fingerprint density at radius 1 is 0.413 bits per heavy atom. The lowest BCUT2D eigenvalue weighted by molar-refractivity contribution is 0.477. The Bertz CT molecular complexity index is 1920. The summed E-state index contributed by atoms with van der Waals surface area (Å²) in [7, 11) is 0. The summed E-state index contributed by atoms with van der Waals surface area (Å²) in [4.78, 5) is 9.14. The number of benzene rings is 6. The predicted octanol–water partition coefficient (Wildman–Crippen LogP) is 10.7. The summed E-state index contributed by atoms with van der Waals surface area (Å²) in [5.41, 5.74) is 7.98. The van der Waals surface area contributed by atoms with Gasteiger partial charge in [0, 0.05) is 22.5 Å². The first-order chi connectivity index (χ1) is 22.8. The van der Waals surface area contributed by atoms with Crippen LogP contribution in [0.2, 0.25) is 0 Å². The van der Waals surface area contributed by atoms with Crippen molar-refractivity contribution in [2.24, 2.45) is 4.99 Å². The van der Waals surface area contributed by atoms with Gasteiger partial charge >= 0.3 is 0 Å². The van der Waals surface area contributed by atoms with Crippen molar-refractivity contribution in [2.45, 2.75) is 0 Å². The number of hydrogen-bond acceptors (Lipinski definition) is 6. The van der Waals surface area contributed by atoms with E-state index in [-0.39, 0.29) is 0 Å². The number of fused-ring (bicyclic) bond motifs is 4. The molecule has 0 N–H and O–H groups in total. The molecule has 220 valence electrons. The predicted molar refractivity (Wildman–Crippen MR) is 183 cm³/mol. The van der Waals surface area contributed by atoms with Crippen LogP contribution in [-0.4, -0.2) is 12.4 Å². The number of aliphatic imine (C=N–C) groups is 1. The van der Waals surface area contributed by atoms with Crippen molar-refractivity contribution in [3.05, 3.63) is 163 Å². The smallest absolute Gasteiger partial charge is 0.222 e. The number of anilines is 6. The number of ether oxygens (including phenoxy) is 3. The monoisotopic (exact) mass is 597 g/mol. The lowest BCUT2D eigenvalue weighted by Crippen LogP contribution is -2.16. The molecule has 0 unspecified atom stereocenters. The zero-order chi connectivity index (χ0) is 30.5. The van der Waals surface area contributed by atoms with Gasteiger partial charge in [-0.3, -0.25) is 0 Å². The molecule has 0 saturated carbocycles. The third-order valence-corrected chi connectivity index (χ3v) is 8.37. The van der Waals surface area contributed by atoms with Crippen LogP contribution in [0.25, 0.3) is 5.76 Å². The first-order valence-electron chi connectivity index (χ1n) is 15.3. The van der Waals surface area contributed by atoms with Gasteiger partial charge in [-0.1, -0.05) is 48.5 Å². The van der Waals surface area contributed by atoms with E-state index in [1.165, 1.54) is 0 Å². The molecule has 0 bridgehead atoms. The number of para-hydroxylation sites is 8. The van der Waals surface area contributed by atoms with Crippen LogP contribution in [0.4, 0.5) is 34.1 Å². The average molecular weight is 598 g/mol. The summed E-state index contributed by atoms with van der Waals surface area (Å²) in [5.74, 6) is 4.71. The Morgan fingerprint density at radius 3 is 1.24 bits per heavy atom. The van der Waals surface area contributed by atoms with E-state index in [1.807, 2.05) is 78.9 Å². The van der Waals surface area contributed by atoms with Crippen LogP contribution < -0.4 is 19.3 Å². The van der Waals surface area contributed by atoms with E-state index in [4.69, 9.17) is 19.2 Å². The van der Waals surface area contributed by atoms with Gasteiger partial charge in [-0.2, -0.15) is 0 Å². The zero-order valence-electron chi connectivity index (χ0n) is 24.7. The van der Waals surface area contributed by atoms with E-state index in [0.717, 1.165) is 74.0 Å². The minimum Gasteiger partial charge on any atom is -0.453 e. The molecule has 3 heterocycles. The second-order valence-electron chi connectivity index (χ2n) is 11.2. The third kappa shape index (κ3) is 4.39. The van der Waals surface area contributed by atoms with Crippen molar-refractivity contribution in [1.82, 2.24) is 0 Å². The molecule has 6 nitrogen and oxygen atoms in total. The van der Waals surface area contributed by atoms with Gasteiger partial charge in [-0.05, 0) is 103 Å². The summed E-state index contributed by atoms with van der Waals surface area (Å²) >= 11 is 0. The van der Waals surface area contributed by atoms with Crippen molar-refractivity contribution in [3.63, 3.8) is 0 Å². The molecule has 0 radical (unpaired) electrons. The molecule has 0 amide bonds. The number of hydrogen-bond donors (Lipinski definition) is 0. The second-order valence-corrected chi connectivity index (χ2v) is 11.2. The molecule has 46 heavy (non-hydrogen) atoms. The summed E-state index contributed by atoms with van der Waals surface area (Å²) in [6.07, 6.45) is 2.02. The van der Waals surface area contributed by atoms with Gasteiger partial charge in [0.25, 0.3) is 0 Å². The minimum atomic E-state index is 0.544. The largest absolute Gasteiger partial charge is 0.453 e. The second kappa shape index (κ2) is 10.7. The van der Waals surface area contributed by atoms with Gasteiger partial charge in [-0.15, -0.1) is 0 Å². The van der Waals surface area contributed by atoms with Gasteiger partial charge in [0.1, 0.15) is 5.76 Å². The van der Waals surface area contributed by atoms with Gasteiger partial charge in [-0.25, -0.2) is 4.99 Å². The Hall–Kier alpha value is -6.27. The van der Waals surface area contributed by atoms with Crippen LogP contribution in [0, 0.1) is 0 Å². The van der Waals surface area contributed by atoms with Crippen LogP contribution in [0.1, 0.15) is 11.1 Å². The highest BCUT2D eigenvalue weighted by Gasteiger charge is 2.27. The highest BCUT2D eigenvalue weighted by Crippen LogP contribution is 2.51. The lowest BCUT2D eigenvalue weighted by atomic mass is 10.1. The Morgan fingerprint density at radius 2 is 0.804 bits per heavy atom. The quantitative estimate of drug-likeness (QED) is 0.202. The molecule has 3 aliphatic rings. The molecule has 0 aromatic heterocycles. The third-order valence-electron chi connectivity index (χ3n) is 8.37. The van der Waals surface area contributed by atoms with E-state index in [0.29, 0.717) is 12.4 Å². The van der Waals surface area contributed by atoms with Gasteiger partial charge < -0.3 is 24.0 Å². The Kier molecular flexibility index (Phi) is 6.09. The lowest BCUT2D eigenvalue weighted by Gasteiger charge is -2.33.